The van der Waals surface area contributed by atoms with Crippen LogP contribution >= 0.6 is 27.3 Å². The topological polar surface area (TPSA) is 73.8 Å². The minimum absolute atomic E-state index is 0.219. The van der Waals surface area contributed by atoms with Gasteiger partial charge in [0.25, 0.3) is 0 Å². The molecule has 7 nitrogen and oxygen atoms in total. The fourth-order valence-corrected chi connectivity index (χ4v) is 7.10. The Balaban J connectivity index is 1.67. The Morgan fingerprint density at radius 1 is 1.18 bits per heavy atom. The Labute approximate surface area is 207 Å². The van der Waals surface area contributed by atoms with Crippen LogP contribution < -0.4 is 4.90 Å². The number of aromatic nitrogens is 1. The molecule has 0 radical (unpaired) electrons. The Hall–Kier alpha value is -1.85. The molecule has 0 spiro atoms. The number of carbonyl (C=O) groups is 1. The number of hydrogen-bond acceptors (Lipinski definition) is 6. The lowest BCUT2D eigenvalue weighted by molar-refractivity contribution is -0.121. The molecule has 2 aromatic carbocycles. The van der Waals surface area contributed by atoms with E-state index >= 15 is 0 Å². The van der Waals surface area contributed by atoms with Gasteiger partial charge in [0.15, 0.2) is 5.13 Å². The summed E-state index contributed by atoms with van der Waals surface area (Å²) in [6.07, 6.45) is 1.15. The average molecular weight is 552 g/mol. The van der Waals surface area contributed by atoms with Crippen LogP contribution in [-0.4, -0.2) is 68.3 Å². The number of benzene rings is 2. The van der Waals surface area contributed by atoms with Crippen molar-refractivity contribution in [1.29, 1.82) is 0 Å². The van der Waals surface area contributed by atoms with E-state index in [9.17, 15) is 13.2 Å². The lowest BCUT2D eigenvalue weighted by atomic mass is 10.2. The first-order valence-corrected chi connectivity index (χ1v) is 13.8. The second-order valence-corrected chi connectivity index (χ2v) is 12.3. The van der Waals surface area contributed by atoms with E-state index in [0.29, 0.717) is 37.6 Å². The fourth-order valence-electron chi connectivity index (χ4n) is 3.90. The molecule has 1 atom stereocenters. The zero-order chi connectivity index (χ0) is 23.8. The molecule has 10 heteroatoms. The summed E-state index contributed by atoms with van der Waals surface area (Å²) in [5.74, 6) is -0.219. The number of anilines is 1. The van der Waals surface area contributed by atoms with Crippen molar-refractivity contribution in [3.63, 3.8) is 0 Å². The predicted octanol–water partition coefficient (Wildman–Crippen LogP) is 4.12. The van der Waals surface area contributed by atoms with Crippen molar-refractivity contribution < 1.29 is 13.2 Å². The number of fused-ring (bicyclic) bond motifs is 1. The number of likely N-dealkylation sites (N-methyl/N-ethyl adjacent to an activating group) is 1. The number of halogens is 1. The number of amides is 1. The third kappa shape index (κ3) is 5.14. The Morgan fingerprint density at radius 2 is 1.91 bits per heavy atom. The van der Waals surface area contributed by atoms with E-state index in [1.54, 1.807) is 29.2 Å². The average Bonchev–Trinajstić information content (AvgIpc) is 3.41. The number of aryl methyl sites for hydroxylation is 1. The van der Waals surface area contributed by atoms with Crippen molar-refractivity contribution in [3.05, 3.63) is 52.5 Å². The number of carbonyl (C=O) groups excluding carboxylic acids is 1. The molecular formula is C23H27BrN4O3S2. The summed E-state index contributed by atoms with van der Waals surface area (Å²) >= 11 is 4.93. The summed E-state index contributed by atoms with van der Waals surface area (Å²) in [6.45, 7) is 3.32. The van der Waals surface area contributed by atoms with Crippen LogP contribution in [0, 0.1) is 6.92 Å². The molecule has 0 N–H and O–H groups in total. The number of nitrogens with zero attached hydrogens (tertiary/aromatic N) is 4. The zero-order valence-corrected chi connectivity index (χ0v) is 22.1. The Morgan fingerprint density at radius 3 is 2.61 bits per heavy atom. The van der Waals surface area contributed by atoms with Gasteiger partial charge in [0, 0.05) is 24.1 Å². The quantitative estimate of drug-likeness (QED) is 0.442. The van der Waals surface area contributed by atoms with Crippen LogP contribution in [0.5, 0.6) is 0 Å². The van der Waals surface area contributed by atoms with Crippen LogP contribution in [0.2, 0.25) is 0 Å². The highest BCUT2D eigenvalue weighted by Crippen LogP contribution is 2.33. The zero-order valence-electron chi connectivity index (χ0n) is 18.9. The summed E-state index contributed by atoms with van der Waals surface area (Å²) in [4.78, 5) is 22.4. The summed E-state index contributed by atoms with van der Waals surface area (Å²) < 4.78 is 30.1. The van der Waals surface area contributed by atoms with E-state index in [1.165, 1.54) is 15.6 Å². The van der Waals surface area contributed by atoms with Crippen molar-refractivity contribution >= 4 is 58.5 Å². The second-order valence-electron chi connectivity index (χ2n) is 8.49. The van der Waals surface area contributed by atoms with E-state index in [0.717, 1.165) is 20.3 Å². The maximum Gasteiger partial charge on any atom is 0.247 e. The molecule has 3 aromatic rings. The first-order valence-electron chi connectivity index (χ1n) is 10.8. The first kappa shape index (κ1) is 24.3. The molecule has 0 bridgehead atoms. The van der Waals surface area contributed by atoms with Gasteiger partial charge in [-0.1, -0.05) is 45.0 Å². The van der Waals surface area contributed by atoms with E-state index in [-0.39, 0.29) is 10.8 Å². The second kappa shape index (κ2) is 9.79. The molecule has 1 amide bonds. The molecule has 1 aliphatic rings. The van der Waals surface area contributed by atoms with Crippen LogP contribution in [0.4, 0.5) is 5.13 Å². The molecule has 1 aliphatic heterocycles. The van der Waals surface area contributed by atoms with Crippen molar-refractivity contribution in [1.82, 2.24) is 14.2 Å². The molecule has 33 heavy (non-hydrogen) atoms. The van der Waals surface area contributed by atoms with Gasteiger partial charge >= 0.3 is 0 Å². The van der Waals surface area contributed by atoms with Crippen molar-refractivity contribution in [2.24, 2.45) is 0 Å². The summed E-state index contributed by atoms with van der Waals surface area (Å²) in [5, 5.41) is 0.592. The minimum Gasteiger partial charge on any atom is -0.308 e. The molecule has 176 valence electrons. The summed E-state index contributed by atoms with van der Waals surface area (Å²) in [6, 6.07) is 11.9. The van der Waals surface area contributed by atoms with Gasteiger partial charge in [-0.2, -0.15) is 4.31 Å². The monoisotopic (exact) mass is 550 g/mol. The fraction of sp³-hybridized carbons (Fsp3) is 0.391. The first-order chi connectivity index (χ1) is 15.7. The third-order valence-electron chi connectivity index (χ3n) is 5.72. The van der Waals surface area contributed by atoms with Crippen molar-refractivity contribution in [2.45, 2.75) is 30.7 Å². The van der Waals surface area contributed by atoms with Gasteiger partial charge in [0.2, 0.25) is 15.9 Å². The molecule has 4 rings (SSSR count). The van der Waals surface area contributed by atoms with E-state index in [1.807, 2.05) is 44.1 Å². The van der Waals surface area contributed by atoms with E-state index in [2.05, 4.69) is 15.9 Å². The molecule has 1 saturated heterocycles. The van der Waals surface area contributed by atoms with Gasteiger partial charge < -0.3 is 4.90 Å². The SMILES string of the molecule is Cc1ccc(S(=O)(=O)N2CCCC2C(=O)N(CCN(C)C)c2nc3ccc(Br)cc3s2)cc1. The molecule has 1 aromatic heterocycles. The largest absolute Gasteiger partial charge is 0.308 e. The van der Waals surface area contributed by atoms with Crippen LogP contribution in [0.1, 0.15) is 18.4 Å². The number of rotatable bonds is 7. The maximum absolute atomic E-state index is 13.8. The summed E-state index contributed by atoms with van der Waals surface area (Å²) in [7, 11) is 0.118. The third-order valence-corrected chi connectivity index (χ3v) is 9.18. The summed E-state index contributed by atoms with van der Waals surface area (Å²) in [5.41, 5.74) is 1.80. The molecule has 0 aliphatic carbocycles. The lowest BCUT2D eigenvalue weighted by Crippen LogP contribution is -2.49. The van der Waals surface area contributed by atoms with Gasteiger partial charge in [0.05, 0.1) is 15.1 Å². The van der Waals surface area contributed by atoms with Crippen LogP contribution in [-0.2, 0) is 14.8 Å². The van der Waals surface area contributed by atoms with Gasteiger partial charge in [0.1, 0.15) is 6.04 Å². The number of thiazole rings is 1. The van der Waals surface area contributed by atoms with Crippen LogP contribution in [0.3, 0.4) is 0 Å². The van der Waals surface area contributed by atoms with Gasteiger partial charge in [-0.15, -0.1) is 0 Å². The van der Waals surface area contributed by atoms with Crippen LogP contribution in [0.15, 0.2) is 51.8 Å². The van der Waals surface area contributed by atoms with Gasteiger partial charge in [-0.25, -0.2) is 13.4 Å². The number of hydrogen-bond donors (Lipinski definition) is 0. The van der Waals surface area contributed by atoms with Gasteiger partial charge in [-0.05, 0) is 64.2 Å². The smallest absolute Gasteiger partial charge is 0.247 e. The van der Waals surface area contributed by atoms with Crippen molar-refractivity contribution in [2.75, 3.05) is 38.6 Å². The molecule has 2 heterocycles. The Kier molecular flexibility index (Phi) is 7.20. The molecule has 1 unspecified atom stereocenters. The normalized spacial score (nSPS) is 17.2. The lowest BCUT2D eigenvalue weighted by Gasteiger charge is -2.29. The number of sulfonamides is 1. The molecule has 1 fully saturated rings. The van der Waals surface area contributed by atoms with E-state index < -0.39 is 16.1 Å². The van der Waals surface area contributed by atoms with E-state index in [4.69, 9.17) is 4.98 Å². The standard InChI is InChI=1S/C23H27BrN4O3S2/c1-16-6-9-18(10-7-16)33(30,31)28-12-4-5-20(28)22(29)27(14-13-26(2)3)23-25-19-11-8-17(24)15-21(19)32-23/h6-11,15,20H,4-5,12-14H2,1-3H3. The van der Waals surface area contributed by atoms with Crippen molar-refractivity contribution in [3.8, 4) is 0 Å². The maximum atomic E-state index is 13.8. The predicted molar refractivity (Wildman–Crippen MR) is 136 cm³/mol. The minimum atomic E-state index is -3.77. The Bertz CT molecular complexity index is 1260. The van der Waals surface area contributed by atoms with Crippen LogP contribution in [0.25, 0.3) is 10.2 Å². The highest BCUT2D eigenvalue weighted by Gasteiger charge is 2.42. The molecular weight excluding hydrogens is 524 g/mol. The highest BCUT2D eigenvalue weighted by atomic mass is 79.9. The van der Waals surface area contributed by atoms with Gasteiger partial charge in [-0.3, -0.25) is 9.69 Å². The highest BCUT2D eigenvalue weighted by molar-refractivity contribution is 9.10. The molecule has 0 saturated carbocycles.